The third kappa shape index (κ3) is 2.15. The first-order chi connectivity index (χ1) is 4.43. The molecule has 2 radical (unpaired) electrons. The normalized spacial score (nSPS) is 7.56. The van der Waals surface area contributed by atoms with E-state index >= 15 is 0 Å². The Morgan fingerprint density at radius 1 is 1.11 bits per heavy atom. The van der Waals surface area contributed by atoms with Crippen LogP contribution in [0.2, 0.25) is 0 Å². The van der Waals surface area contributed by atoms with Crippen LogP contribution in [0.25, 0.3) is 0 Å². The van der Waals surface area contributed by atoms with Crippen molar-refractivity contribution in [2.75, 3.05) is 0 Å². The SMILES string of the molecule is [In][C]#Cc1ccccc1. The van der Waals surface area contributed by atoms with Crippen LogP contribution >= 0.6 is 0 Å². The van der Waals surface area contributed by atoms with Gasteiger partial charge >= 0.3 is 69.9 Å². The molecule has 0 spiro atoms. The van der Waals surface area contributed by atoms with Gasteiger partial charge in [-0.15, -0.1) is 0 Å². The van der Waals surface area contributed by atoms with Gasteiger partial charge < -0.3 is 0 Å². The second kappa shape index (κ2) is 3.63. The maximum atomic E-state index is 3.02. The summed E-state index contributed by atoms with van der Waals surface area (Å²) in [5.74, 6) is 3.02. The Morgan fingerprint density at radius 2 is 1.78 bits per heavy atom. The van der Waals surface area contributed by atoms with Gasteiger partial charge in [-0.05, 0) is 0 Å². The summed E-state index contributed by atoms with van der Waals surface area (Å²) < 4.78 is 2.96. The average Bonchev–Trinajstić information content (AvgIpc) is 1.91. The van der Waals surface area contributed by atoms with E-state index in [1.807, 2.05) is 30.3 Å². The third-order valence-corrected chi connectivity index (χ3v) is 1.40. The Labute approximate surface area is 69.9 Å². The summed E-state index contributed by atoms with van der Waals surface area (Å²) in [6.45, 7) is 0. The molecule has 0 amide bonds. The van der Waals surface area contributed by atoms with Crippen molar-refractivity contribution in [2.24, 2.45) is 0 Å². The van der Waals surface area contributed by atoms with Crippen LogP contribution in [-0.4, -0.2) is 24.4 Å². The predicted molar refractivity (Wildman–Crippen MR) is 39.1 cm³/mol. The molecule has 0 aliphatic heterocycles. The fraction of sp³-hybridized carbons (Fsp3) is 0. The first kappa shape index (κ1) is 6.77. The molecule has 1 heteroatoms. The Morgan fingerprint density at radius 3 is 2.33 bits per heavy atom. The van der Waals surface area contributed by atoms with Crippen molar-refractivity contribution >= 4 is 24.4 Å². The molecule has 0 unspecified atom stereocenters. The van der Waals surface area contributed by atoms with Crippen LogP contribution in [0.3, 0.4) is 0 Å². The number of benzene rings is 1. The molecule has 0 N–H and O–H groups in total. The first-order valence-corrected chi connectivity index (χ1v) is 4.35. The zero-order chi connectivity index (χ0) is 6.53. The Bertz CT molecular complexity index is 228. The van der Waals surface area contributed by atoms with Crippen LogP contribution in [0.5, 0.6) is 0 Å². The fourth-order valence-corrected chi connectivity index (χ4v) is 1.08. The topological polar surface area (TPSA) is 0 Å². The fourth-order valence-electron chi connectivity index (χ4n) is 0.605. The van der Waals surface area contributed by atoms with E-state index in [1.165, 1.54) is 0 Å². The van der Waals surface area contributed by atoms with Gasteiger partial charge in [-0.3, -0.25) is 0 Å². The van der Waals surface area contributed by atoms with Crippen LogP contribution in [-0.2, 0) is 0 Å². The van der Waals surface area contributed by atoms with E-state index in [2.05, 4.69) is 9.60 Å². The molecule has 0 fully saturated rings. The van der Waals surface area contributed by atoms with Crippen molar-refractivity contribution in [3.05, 3.63) is 35.9 Å². The number of hydrogen-bond acceptors (Lipinski definition) is 0. The van der Waals surface area contributed by atoms with Crippen molar-refractivity contribution in [3.63, 3.8) is 0 Å². The van der Waals surface area contributed by atoms with Crippen molar-refractivity contribution < 1.29 is 0 Å². The Hall–Kier alpha value is -0.350. The molecule has 0 atom stereocenters. The Kier molecular flexibility index (Phi) is 2.73. The van der Waals surface area contributed by atoms with E-state index < -0.39 is 0 Å². The first-order valence-electron chi connectivity index (χ1n) is 2.70. The van der Waals surface area contributed by atoms with E-state index in [0.717, 1.165) is 29.9 Å². The van der Waals surface area contributed by atoms with Crippen LogP contribution in [0.4, 0.5) is 0 Å². The number of rotatable bonds is 0. The second-order valence-corrected chi connectivity index (χ2v) is 2.46. The summed E-state index contributed by atoms with van der Waals surface area (Å²) in [7, 11) is 0. The molecule has 0 aliphatic rings. The van der Waals surface area contributed by atoms with Crippen molar-refractivity contribution in [1.29, 1.82) is 0 Å². The van der Waals surface area contributed by atoms with Gasteiger partial charge in [0, 0.05) is 0 Å². The van der Waals surface area contributed by atoms with Gasteiger partial charge in [-0.1, -0.05) is 0 Å². The van der Waals surface area contributed by atoms with Crippen molar-refractivity contribution in [2.45, 2.75) is 0 Å². The molecule has 0 heterocycles. The molecule has 0 nitrogen and oxygen atoms in total. The second-order valence-electron chi connectivity index (χ2n) is 1.64. The summed E-state index contributed by atoms with van der Waals surface area (Å²) >= 11 is 1.02. The van der Waals surface area contributed by atoms with Crippen molar-refractivity contribution in [1.82, 2.24) is 0 Å². The summed E-state index contributed by atoms with van der Waals surface area (Å²) in [5.41, 5.74) is 1.12. The minimum atomic E-state index is 1.02. The van der Waals surface area contributed by atoms with Gasteiger partial charge in [-0.2, -0.15) is 0 Å². The molecule has 0 aliphatic carbocycles. The quantitative estimate of drug-likeness (QED) is 0.571. The molecule has 1 rings (SSSR count). The summed E-state index contributed by atoms with van der Waals surface area (Å²) in [5, 5.41) is 0. The standard InChI is InChI=1S/C8H5.In/c1-2-8-6-4-3-5-7-8;/h3-7H;. The summed E-state index contributed by atoms with van der Waals surface area (Å²) in [6.07, 6.45) is 0. The maximum absolute atomic E-state index is 3.02. The molecule has 9 heavy (non-hydrogen) atoms. The van der Waals surface area contributed by atoms with Crippen LogP contribution in [0, 0.1) is 9.60 Å². The Balaban J connectivity index is 2.94. The molecule has 0 bridgehead atoms. The average molecular weight is 216 g/mol. The van der Waals surface area contributed by atoms with Gasteiger partial charge in [0.15, 0.2) is 0 Å². The van der Waals surface area contributed by atoms with Gasteiger partial charge in [0.05, 0.1) is 0 Å². The van der Waals surface area contributed by atoms with E-state index in [1.54, 1.807) is 0 Å². The predicted octanol–water partition coefficient (Wildman–Crippen LogP) is 1.16. The minimum absolute atomic E-state index is 1.02. The molecule has 0 saturated heterocycles. The molecule has 40 valence electrons. The molecule has 0 aromatic heterocycles. The van der Waals surface area contributed by atoms with E-state index in [9.17, 15) is 0 Å². The molecule has 1 aromatic carbocycles. The molecular weight excluding hydrogens is 211 g/mol. The van der Waals surface area contributed by atoms with Gasteiger partial charge in [0.1, 0.15) is 0 Å². The zero-order valence-corrected chi connectivity index (χ0v) is 8.26. The van der Waals surface area contributed by atoms with Crippen molar-refractivity contribution in [3.8, 4) is 9.60 Å². The van der Waals surface area contributed by atoms with Crippen LogP contribution in [0.15, 0.2) is 30.3 Å². The molecule has 0 saturated carbocycles. The number of hydrogen-bond donors (Lipinski definition) is 0. The summed E-state index contributed by atoms with van der Waals surface area (Å²) in [4.78, 5) is 0. The monoisotopic (exact) mass is 216 g/mol. The van der Waals surface area contributed by atoms with Gasteiger partial charge in [0.25, 0.3) is 0 Å². The van der Waals surface area contributed by atoms with E-state index in [4.69, 9.17) is 0 Å². The molecular formula is C8H5In. The van der Waals surface area contributed by atoms with Gasteiger partial charge in [-0.25, -0.2) is 0 Å². The summed E-state index contributed by atoms with van der Waals surface area (Å²) in [6, 6.07) is 10.0. The van der Waals surface area contributed by atoms with Crippen LogP contribution in [0.1, 0.15) is 5.56 Å². The molecule has 1 aromatic rings. The van der Waals surface area contributed by atoms with Crippen LogP contribution < -0.4 is 0 Å². The van der Waals surface area contributed by atoms with Gasteiger partial charge in [0.2, 0.25) is 0 Å². The third-order valence-electron chi connectivity index (χ3n) is 0.990. The zero-order valence-electron chi connectivity index (χ0n) is 4.96. The van der Waals surface area contributed by atoms with E-state index in [-0.39, 0.29) is 0 Å². The van der Waals surface area contributed by atoms with E-state index in [0.29, 0.717) is 0 Å².